The van der Waals surface area contributed by atoms with Gasteiger partial charge in [0.1, 0.15) is 0 Å². The van der Waals surface area contributed by atoms with Gasteiger partial charge in [-0.2, -0.15) is 0 Å². The van der Waals surface area contributed by atoms with Crippen LogP contribution in [-0.2, 0) is 4.79 Å². The van der Waals surface area contributed by atoms with E-state index >= 15 is 0 Å². The first-order chi connectivity index (χ1) is 6.21. The second-order valence-electron chi connectivity index (χ2n) is 5.24. The molecule has 0 rings (SSSR count). The number of rotatable bonds is 4. The van der Waals surface area contributed by atoms with Gasteiger partial charge < -0.3 is 10.4 Å². The molecule has 0 aliphatic rings. The molecular weight excluding hydrogens is 178 g/mol. The fourth-order valence-corrected chi connectivity index (χ4v) is 1.96. The smallest absolute Gasteiger partial charge is 0.308 e. The lowest BCUT2D eigenvalue weighted by Crippen LogP contribution is -2.49. The van der Waals surface area contributed by atoms with Crippen molar-refractivity contribution in [2.75, 3.05) is 7.05 Å². The van der Waals surface area contributed by atoms with Crippen LogP contribution >= 0.6 is 0 Å². The Kier molecular flexibility index (Phi) is 4.59. The molecule has 0 spiro atoms. The SMILES string of the molecule is CNC(C(C(=O)O)C(C)C)C(C)(C)C. The van der Waals surface area contributed by atoms with Crippen LogP contribution in [0.3, 0.4) is 0 Å². The maximum atomic E-state index is 11.1. The van der Waals surface area contributed by atoms with Crippen LogP contribution in [0.4, 0.5) is 0 Å². The van der Waals surface area contributed by atoms with E-state index in [4.69, 9.17) is 5.11 Å². The van der Waals surface area contributed by atoms with Gasteiger partial charge in [0.2, 0.25) is 0 Å². The monoisotopic (exact) mass is 201 g/mol. The summed E-state index contributed by atoms with van der Waals surface area (Å²) in [6, 6.07) is -0.000000000000000666. The lowest BCUT2D eigenvalue weighted by atomic mass is 9.74. The first-order valence-corrected chi connectivity index (χ1v) is 5.12. The van der Waals surface area contributed by atoms with Gasteiger partial charge >= 0.3 is 5.97 Å². The van der Waals surface area contributed by atoms with E-state index in [1.165, 1.54) is 0 Å². The molecule has 2 atom stereocenters. The van der Waals surface area contributed by atoms with Gasteiger partial charge in [-0.15, -0.1) is 0 Å². The highest BCUT2D eigenvalue weighted by molar-refractivity contribution is 5.71. The normalized spacial score (nSPS) is 16.8. The zero-order chi connectivity index (χ0) is 11.5. The van der Waals surface area contributed by atoms with Crippen molar-refractivity contribution in [2.45, 2.75) is 40.7 Å². The molecule has 2 N–H and O–H groups in total. The Morgan fingerprint density at radius 1 is 1.29 bits per heavy atom. The quantitative estimate of drug-likeness (QED) is 0.731. The average molecular weight is 201 g/mol. The molecule has 2 unspecified atom stereocenters. The molecule has 0 aromatic carbocycles. The number of hydrogen-bond donors (Lipinski definition) is 2. The van der Waals surface area contributed by atoms with Crippen molar-refractivity contribution in [3.63, 3.8) is 0 Å². The summed E-state index contributed by atoms with van der Waals surface area (Å²) in [5.74, 6) is -0.904. The number of nitrogens with one attached hydrogen (secondary N) is 1. The number of aliphatic carboxylic acids is 1. The fourth-order valence-electron chi connectivity index (χ4n) is 1.96. The topological polar surface area (TPSA) is 49.3 Å². The highest BCUT2D eigenvalue weighted by Crippen LogP contribution is 2.29. The Morgan fingerprint density at radius 3 is 1.79 bits per heavy atom. The summed E-state index contributed by atoms with van der Waals surface area (Å²) < 4.78 is 0. The molecular formula is C11H23NO2. The molecule has 0 aliphatic heterocycles. The molecule has 0 aromatic rings. The standard InChI is InChI=1S/C11H23NO2/c1-7(2)8(10(13)14)9(12-6)11(3,4)5/h7-9,12H,1-6H3,(H,13,14). The summed E-state index contributed by atoms with van der Waals surface area (Å²) >= 11 is 0. The second kappa shape index (κ2) is 4.78. The van der Waals surface area contributed by atoms with Crippen molar-refractivity contribution in [1.29, 1.82) is 0 Å². The van der Waals surface area contributed by atoms with E-state index in [9.17, 15) is 4.79 Å². The van der Waals surface area contributed by atoms with Crippen molar-refractivity contribution in [2.24, 2.45) is 17.3 Å². The molecule has 0 bridgehead atoms. The molecule has 84 valence electrons. The Bertz CT molecular complexity index is 194. The van der Waals surface area contributed by atoms with Crippen LogP contribution in [0.5, 0.6) is 0 Å². The van der Waals surface area contributed by atoms with Crippen LogP contribution in [0, 0.1) is 17.3 Å². The van der Waals surface area contributed by atoms with Crippen LogP contribution in [0.25, 0.3) is 0 Å². The van der Waals surface area contributed by atoms with E-state index in [-0.39, 0.29) is 23.3 Å². The molecule has 3 nitrogen and oxygen atoms in total. The second-order valence-corrected chi connectivity index (χ2v) is 5.24. The highest BCUT2D eigenvalue weighted by atomic mass is 16.4. The van der Waals surface area contributed by atoms with Crippen LogP contribution in [-0.4, -0.2) is 24.2 Å². The zero-order valence-corrected chi connectivity index (χ0v) is 10.1. The summed E-state index contributed by atoms with van der Waals surface area (Å²) in [6.07, 6.45) is 0. The molecule has 0 heterocycles. The lowest BCUT2D eigenvalue weighted by Gasteiger charge is -2.36. The van der Waals surface area contributed by atoms with Crippen molar-refractivity contribution >= 4 is 5.97 Å². The van der Waals surface area contributed by atoms with Crippen LogP contribution in [0.2, 0.25) is 0 Å². The minimum atomic E-state index is -0.714. The predicted molar refractivity (Wildman–Crippen MR) is 58.3 cm³/mol. The molecule has 0 aliphatic carbocycles. The Hall–Kier alpha value is -0.570. The van der Waals surface area contributed by atoms with Crippen LogP contribution < -0.4 is 5.32 Å². The summed E-state index contributed by atoms with van der Waals surface area (Å²) in [5.41, 5.74) is -0.0396. The molecule has 3 heteroatoms. The average Bonchev–Trinajstić information content (AvgIpc) is 1.95. The van der Waals surface area contributed by atoms with Crippen LogP contribution in [0.15, 0.2) is 0 Å². The molecule has 0 saturated heterocycles. The van der Waals surface area contributed by atoms with E-state index in [1.54, 1.807) is 0 Å². The minimum absolute atomic E-state index is 0.000000000000000666. The molecule has 0 fully saturated rings. The zero-order valence-electron chi connectivity index (χ0n) is 10.1. The molecule has 0 aromatic heterocycles. The summed E-state index contributed by atoms with van der Waals surface area (Å²) in [6.45, 7) is 10.1. The molecule has 0 radical (unpaired) electrons. The van der Waals surface area contributed by atoms with Gasteiger partial charge in [-0.1, -0.05) is 34.6 Å². The number of carboxylic acids is 1. The van der Waals surface area contributed by atoms with Crippen molar-refractivity contribution in [1.82, 2.24) is 5.32 Å². The van der Waals surface area contributed by atoms with Gasteiger partial charge in [0.25, 0.3) is 0 Å². The van der Waals surface area contributed by atoms with E-state index in [0.717, 1.165) is 0 Å². The van der Waals surface area contributed by atoms with Gasteiger partial charge in [0.05, 0.1) is 5.92 Å². The van der Waals surface area contributed by atoms with Gasteiger partial charge in [0.15, 0.2) is 0 Å². The van der Waals surface area contributed by atoms with Gasteiger partial charge in [-0.05, 0) is 18.4 Å². The van der Waals surface area contributed by atoms with Crippen molar-refractivity contribution in [3.05, 3.63) is 0 Å². The maximum absolute atomic E-state index is 11.1. The predicted octanol–water partition coefficient (Wildman–Crippen LogP) is 1.98. The first kappa shape index (κ1) is 13.4. The lowest BCUT2D eigenvalue weighted by molar-refractivity contribution is -0.145. The third-order valence-electron chi connectivity index (χ3n) is 2.61. The van der Waals surface area contributed by atoms with E-state index in [2.05, 4.69) is 26.1 Å². The van der Waals surface area contributed by atoms with Gasteiger partial charge in [-0.3, -0.25) is 4.79 Å². The van der Waals surface area contributed by atoms with Crippen molar-refractivity contribution in [3.8, 4) is 0 Å². The first-order valence-electron chi connectivity index (χ1n) is 5.12. The maximum Gasteiger partial charge on any atom is 0.308 e. The Labute approximate surface area is 86.9 Å². The molecule has 0 amide bonds. The third-order valence-corrected chi connectivity index (χ3v) is 2.61. The van der Waals surface area contributed by atoms with Gasteiger partial charge in [0, 0.05) is 6.04 Å². The van der Waals surface area contributed by atoms with Crippen molar-refractivity contribution < 1.29 is 9.90 Å². The summed E-state index contributed by atoms with van der Waals surface area (Å²) in [4.78, 5) is 11.1. The minimum Gasteiger partial charge on any atom is -0.481 e. The summed E-state index contributed by atoms with van der Waals surface area (Å²) in [5, 5.41) is 12.3. The largest absolute Gasteiger partial charge is 0.481 e. The summed E-state index contributed by atoms with van der Waals surface area (Å²) in [7, 11) is 1.83. The van der Waals surface area contributed by atoms with E-state index in [1.807, 2.05) is 20.9 Å². The fraction of sp³-hybridized carbons (Fsp3) is 0.909. The number of carboxylic acid groups (broad SMARTS) is 1. The van der Waals surface area contributed by atoms with Crippen LogP contribution in [0.1, 0.15) is 34.6 Å². The molecule has 0 saturated carbocycles. The molecule has 14 heavy (non-hydrogen) atoms. The third kappa shape index (κ3) is 3.29. The Morgan fingerprint density at radius 2 is 1.71 bits per heavy atom. The number of carbonyl (C=O) groups is 1. The van der Waals surface area contributed by atoms with E-state index < -0.39 is 5.97 Å². The Balaban J connectivity index is 4.87. The van der Waals surface area contributed by atoms with E-state index in [0.29, 0.717) is 0 Å². The highest BCUT2D eigenvalue weighted by Gasteiger charge is 2.37. The van der Waals surface area contributed by atoms with Gasteiger partial charge in [-0.25, -0.2) is 0 Å². The number of hydrogen-bond acceptors (Lipinski definition) is 2.